The summed E-state index contributed by atoms with van der Waals surface area (Å²) in [6, 6.07) is 0. The predicted molar refractivity (Wildman–Crippen MR) is 64.7 cm³/mol. The second-order valence-electron chi connectivity index (χ2n) is 0. The van der Waals surface area contributed by atoms with Gasteiger partial charge in [0, 0.05) is 0 Å². The molecule has 0 rings (SSSR count). The van der Waals surface area contributed by atoms with Crippen molar-refractivity contribution in [3.05, 3.63) is 0 Å². The number of hydrogen-bond donors (Lipinski definition) is 6. The normalized spacial score (nSPS) is 0. The van der Waals surface area contributed by atoms with Gasteiger partial charge in [0.2, 0.25) is 0 Å². The Bertz CT molecular complexity index is 24.2. The van der Waals surface area contributed by atoms with Crippen LogP contribution in [0, 0.1) is 0 Å². The first-order valence-electron chi connectivity index (χ1n) is 0. The molecule has 68 valence electrons. The molecule has 0 atom stereocenters. The first-order chi connectivity index (χ1) is 0. The minimum atomic E-state index is 0. The third-order valence-electron chi connectivity index (χ3n) is 0. The van der Waals surface area contributed by atoms with E-state index in [1.807, 2.05) is 0 Å². The molecule has 14 heavy (non-hydrogen) atoms. The molecule has 0 heterocycles. The van der Waals surface area contributed by atoms with Crippen molar-refractivity contribution >= 4 is 59.4 Å². The van der Waals surface area contributed by atoms with Crippen LogP contribution in [0.3, 0.4) is 0 Å². The van der Waals surface area contributed by atoms with Gasteiger partial charge in [-0.3, -0.25) is 0 Å². The second kappa shape index (κ2) is 861. The van der Waals surface area contributed by atoms with Crippen LogP contribution in [0.2, 0.25) is 0 Å². The van der Waals surface area contributed by atoms with Crippen molar-refractivity contribution in [1.29, 1.82) is 0 Å². The topological polar surface area (TPSA) is 210 Å². The predicted octanol–water partition coefficient (Wildman–Crippen LogP) is -7.30. The maximum Gasteiger partial charge on any atom is 3.00 e. The van der Waals surface area contributed by atoms with E-state index in [-0.39, 0.29) is 134 Å². The van der Waals surface area contributed by atoms with Crippen molar-refractivity contribution in [3.63, 3.8) is 0 Å². The van der Waals surface area contributed by atoms with Gasteiger partial charge in [-0.25, -0.2) is 0 Å². The molecule has 0 aliphatic heterocycles. The summed E-state index contributed by atoms with van der Waals surface area (Å²) in [4.78, 5) is 0. The maximum atomic E-state index is 0. The van der Waals surface area contributed by atoms with E-state index in [1.165, 1.54) is 0 Å². The van der Waals surface area contributed by atoms with E-state index < -0.39 is 0 Å². The van der Waals surface area contributed by atoms with Gasteiger partial charge in [-0.2, -0.15) is 0 Å². The van der Waals surface area contributed by atoms with Crippen molar-refractivity contribution in [1.82, 2.24) is 36.9 Å². The Morgan fingerprint density at radius 3 is 0.286 bits per heavy atom. The summed E-state index contributed by atoms with van der Waals surface area (Å²) in [7, 11) is 0. The Morgan fingerprint density at radius 2 is 0.286 bits per heavy atom. The Balaban J connectivity index is 0. The third-order valence-corrected chi connectivity index (χ3v) is 0. The van der Waals surface area contributed by atoms with E-state index in [9.17, 15) is 0 Å². The Morgan fingerprint density at radius 1 is 0.286 bits per heavy atom. The first kappa shape index (κ1) is 1060. The van der Waals surface area contributed by atoms with Crippen LogP contribution < -0.4 is 74.6 Å². The molecule has 14 heteroatoms. The van der Waals surface area contributed by atoms with E-state index >= 15 is 0 Å². The summed E-state index contributed by atoms with van der Waals surface area (Å²) >= 11 is 0. The SMILES string of the molecule is N.N.N.N.N.N.[Al+3].[B-].[B-].[B-].[B-].[B-].[Li+].[Li+]. The van der Waals surface area contributed by atoms with E-state index in [0.29, 0.717) is 0 Å². The van der Waals surface area contributed by atoms with Gasteiger partial charge in [0.1, 0.15) is 0 Å². The fraction of sp³-hybridized carbons (Fsp3) is 0. The third kappa shape index (κ3) is 691. The fourth-order valence-electron chi connectivity index (χ4n) is 0. The van der Waals surface area contributed by atoms with Crippen LogP contribution in [0.4, 0.5) is 0 Å². The van der Waals surface area contributed by atoms with Gasteiger partial charge in [-0.15, -0.1) is 0 Å². The zero-order valence-corrected chi connectivity index (χ0v) is 10.9. The molecule has 18 N–H and O–H groups in total. The smallest absolute Gasteiger partial charge is 1.00 e. The van der Waals surface area contributed by atoms with Crippen LogP contribution in [0.25, 0.3) is 0 Å². The molecule has 0 bridgehead atoms. The van der Waals surface area contributed by atoms with E-state index in [1.54, 1.807) is 0 Å². The van der Waals surface area contributed by atoms with Gasteiger partial charge in [-0.05, 0) is 0 Å². The molecule has 0 amide bonds. The summed E-state index contributed by atoms with van der Waals surface area (Å²) in [6.45, 7) is 0. The molecule has 0 aliphatic carbocycles. The van der Waals surface area contributed by atoms with Crippen LogP contribution >= 0.6 is 0 Å². The molecule has 20 radical (unpaired) electrons. The quantitative estimate of drug-likeness (QED) is 0.207. The summed E-state index contributed by atoms with van der Waals surface area (Å²) < 4.78 is 0. The minimum absolute atomic E-state index is 0. The van der Waals surface area contributed by atoms with Crippen molar-refractivity contribution < 1.29 is 37.7 Å². The van der Waals surface area contributed by atoms with E-state index in [2.05, 4.69) is 0 Å². The molecule has 0 saturated carbocycles. The zero-order chi connectivity index (χ0) is 0. The molecule has 0 aromatic rings. The van der Waals surface area contributed by atoms with Gasteiger partial charge in [0.25, 0.3) is 0 Å². The van der Waals surface area contributed by atoms with Gasteiger partial charge >= 0.3 is 55.1 Å². The van der Waals surface area contributed by atoms with Crippen molar-refractivity contribution in [2.75, 3.05) is 0 Å². The Labute approximate surface area is 133 Å². The molecule has 0 aromatic carbocycles. The second-order valence-corrected chi connectivity index (χ2v) is 0. The Hall–Kier alpha value is 1.81. The van der Waals surface area contributed by atoms with E-state index in [4.69, 9.17) is 0 Å². The summed E-state index contributed by atoms with van der Waals surface area (Å²) in [5.41, 5.74) is 0. The van der Waals surface area contributed by atoms with Crippen LogP contribution in [0.1, 0.15) is 0 Å². The van der Waals surface area contributed by atoms with Crippen molar-refractivity contribution in [2.24, 2.45) is 0 Å². The van der Waals surface area contributed by atoms with Crippen LogP contribution in [0.15, 0.2) is 0 Å². The molecule has 0 aliphatic rings. The molecule has 0 aromatic heterocycles. The molecule has 0 spiro atoms. The van der Waals surface area contributed by atoms with Gasteiger partial charge in [0.05, 0.1) is 0 Å². The van der Waals surface area contributed by atoms with Gasteiger partial charge in [-0.1, -0.05) is 0 Å². The molecule has 0 saturated heterocycles. The number of hydrogen-bond acceptors (Lipinski definition) is 6. The summed E-state index contributed by atoms with van der Waals surface area (Å²) in [6.07, 6.45) is 0. The fourth-order valence-corrected chi connectivity index (χ4v) is 0. The largest absolute Gasteiger partial charge is 3.00 e. The Kier molecular flexibility index (Phi) is 65000. The summed E-state index contributed by atoms with van der Waals surface area (Å²) in [5, 5.41) is 0. The zero-order valence-electron chi connectivity index (χ0n) is 9.71. The average molecular weight is 197 g/mol. The molecule has 0 fully saturated rings. The van der Waals surface area contributed by atoms with E-state index in [0.717, 1.165) is 0 Å². The van der Waals surface area contributed by atoms with Crippen molar-refractivity contribution in [2.45, 2.75) is 0 Å². The first-order valence-corrected chi connectivity index (χ1v) is 0. The summed E-state index contributed by atoms with van der Waals surface area (Å²) in [5.74, 6) is 0. The van der Waals surface area contributed by atoms with Crippen molar-refractivity contribution in [3.8, 4) is 0 Å². The number of rotatable bonds is 0. The van der Waals surface area contributed by atoms with Gasteiger partial charge < -0.3 is 79.0 Å². The molecule has 0 unspecified atom stereocenters. The van der Waals surface area contributed by atoms with Gasteiger partial charge in [0.15, 0.2) is 0 Å². The minimum Gasteiger partial charge on any atom is -1.00 e. The molecular weight excluding hydrogens is 179 g/mol. The standard InChI is InChI=1S/Al.5B.2Li.6H3N/h;;;;;;;;6*1H3/q+3;5*-1;2*+1;;;;;;. The molecular formula is H18AlB5Li2N6. The molecule has 6 nitrogen and oxygen atoms in total. The monoisotopic (exact) mass is 198 g/mol. The maximum absolute atomic E-state index is 0. The van der Waals surface area contributed by atoms with Crippen LogP contribution in [0.5, 0.6) is 0 Å². The van der Waals surface area contributed by atoms with Crippen LogP contribution in [-0.4, -0.2) is 59.4 Å². The average Bonchev–Trinajstić information content (AvgIpc) is 0. The van der Waals surface area contributed by atoms with Crippen LogP contribution in [-0.2, 0) is 0 Å².